The van der Waals surface area contributed by atoms with Crippen LogP contribution in [0, 0.1) is 0 Å². The summed E-state index contributed by atoms with van der Waals surface area (Å²) in [6.07, 6.45) is 0. The molecular weight excluding hydrogens is 263 g/mol. The first-order valence-corrected chi connectivity index (χ1v) is 6.95. The lowest BCUT2D eigenvalue weighted by Gasteiger charge is -2.05. The topological polar surface area (TPSA) is 36.9 Å². The molecule has 0 aliphatic carbocycles. The summed E-state index contributed by atoms with van der Waals surface area (Å²) in [5.41, 5.74) is 0. The van der Waals surface area contributed by atoms with Gasteiger partial charge in [-0.3, -0.25) is 0 Å². The standard InChI is InChI=1S/C14H11O4P/c1-3-11-13(17-7-15-11)5-9(1)19-10-2-4-12-14(6-10)18-8-16-12/h1-6,19H,7-8H2. The Hall–Kier alpha value is -1.93. The number of benzene rings is 2. The summed E-state index contributed by atoms with van der Waals surface area (Å²) in [5, 5.41) is 2.42. The summed E-state index contributed by atoms with van der Waals surface area (Å²) in [5.74, 6) is 3.29. The molecule has 0 aromatic heterocycles. The molecule has 0 fully saturated rings. The fraction of sp³-hybridized carbons (Fsp3) is 0.143. The second kappa shape index (κ2) is 4.32. The highest BCUT2D eigenvalue weighted by molar-refractivity contribution is 7.55. The molecule has 0 unspecified atom stereocenters. The summed E-state index contributed by atoms with van der Waals surface area (Å²) >= 11 is 0. The Morgan fingerprint density at radius 1 is 0.632 bits per heavy atom. The Morgan fingerprint density at radius 3 is 1.63 bits per heavy atom. The molecule has 0 saturated carbocycles. The van der Waals surface area contributed by atoms with Gasteiger partial charge in [-0.25, -0.2) is 0 Å². The molecule has 2 aromatic carbocycles. The molecular formula is C14H11O4P. The van der Waals surface area contributed by atoms with Crippen LogP contribution in [-0.4, -0.2) is 13.6 Å². The molecule has 96 valence electrons. The molecule has 4 nitrogen and oxygen atoms in total. The smallest absolute Gasteiger partial charge is 0.231 e. The Labute approximate surface area is 112 Å². The van der Waals surface area contributed by atoms with E-state index < -0.39 is 0 Å². The van der Waals surface area contributed by atoms with Crippen LogP contribution in [-0.2, 0) is 0 Å². The van der Waals surface area contributed by atoms with Crippen LogP contribution in [0.5, 0.6) is 23.0 Å². The molecule has 4 rings (SSSR count). The van der Waals surface area contributed by atoms with Gasteiger partial charge in [0.1, 0.15) is 0 Å². The van der Waals surface area contributed by atoms with E-state index >= 15 is 0 Å². The highest BCUT2D eigenvalue weighted by Crippen LogP contribution is 2.34. The number of ether oxygens (including phenoxy) is 4. The van der Waals surface area contributed by atoms with Gasteiger partial charge in [-0.15, -0.1) is 0 Å². The van der Waals surface area contributed by atoms with Crippen molar-refractivity contribution >= 4 is 19.2 Å². The summed E-state index contributed by atoms with van der Waals surface area (Å²) < 4.78 is 21.4. The zero-order chi connectivity index (χ0) is 12.7. The molecule has 0 radical (unpaired) electrons. The average molecular weight is 274 g/mol. The van der Waals surface area contributed by atoms with Gasteiger partial charge in [-0.2, -0.15) is 0 Å². The minimum Gasteiger partial charge on any atom is -0.454 e. The van der Waals surface area contributed by atoms with Gasteiger partial charge in [-0.1, -0.05) is 20.7 Å². The summed E-state index contributed by atoms with van der Waals surface area (Å²) in [6, 6.07) is 12.1. The van der Waals surface area contributed by atoms with E-state index in [0.29, 0.717) is 22.2 Å². The maximum Gasteiger partial charge on any atom is 0.231 e. The lowest BCUT2D eigenvalue weighted by atomic mass is 10.3. The Bertz CT molecular complexity index is 586. The van der Waals surface area contributed by atoms with Gasteiger partial charge in [0.25, 0.3) is 0 Å². The zero-order valence-electron chi connectivity index (χ0n) is 10.0. The molecule has 5 heteroatoms. The number of hydrogen-bond donors (Lipinski definition) is 0. The third kappa shape index (κ3) is 1.98. The normalized spacial score (nSPS) is 14.7. The Morgan fingerprint density at radius 2 is 1.11 bits per heavy atom. The minimum absolute atomic E-state index is 0.311. The molecule has 0 saturated heterocycles. The van der Waals surface area contributed by atoms with Crippen molar-refractivity contribution < 1.29 is 18.9 Å². The molecule has 2 aromatic rings. The molecule has 19 heavy (non-hydrogen) atoms. The van der Waals surface area contributed by atoms with Crippen LogP contribution in [0.1, 0.15) is 0 Å². The van der Waals surface area contributed by atoms with Gasteiger partial charge in [0, 0.05) is 0 Å². The highest BCUT2D eigenvalue weighted by atomic mass is 31.1. The van der Waals surface area contributed by atoms with E-state index in [0.717, 1.165) is 23.0 Å². The Balaban J connectivity index is 1.61. The predicted octanol–water partition coefficient (Wildman–Crippen LogP) is 1.77. The van der Waals surface area contributed by atoms with Crippen LogP contribution in [0.3, 0.4) is 0 Å². The maximum absolute atomic E-state index is 5.39. The summed E-state index contributed by atoms with van der Waals surface area (Å²) in [6.45, 7) is 0.623. The van der Waals surface area contributed by atoms with Gasteiger partial charge >= 0.3 is 0 Å². The quantitative estimate of drug-likeness (QED) is 0.782. The van der Waals surface area contributed by atoms with Crippen LogP contribution in [0.25, 0.3) is 0 Å². The number of hydrogen-bond acceptors (Lipinski definition) is 4. The van der Waals surface area contributed by atoms with Crippen molar-refractivity contribution in [3.8, 4) is 23.0 Å². The minimum atomic E-state index is 0.311. The summed E-state index contributed by atoms with van der Waals surface area (Å²) in [4.78, 5) is 0. The van der Waals surface area contributed by atoms with E-state index in [-0.39, 0.29) is 0 Å². The van der Waals surface area contributed by atoms with E-state index in [1.54, 1.807) is 0 Å². The fourth-order valence-electron chi connectivity index (χ4n) is 2.12. The molecule has 0 atom stereocenters. The lowest BCUT2D eigenvalue weighted by molar-refractivity contribution is 0.173. The largest absolute Gasteiger partial charge is 0.454 e. The van der Waals surface area contributed by atoms with Gasteiger partial charge in [-0.05, 0) is 34.9 Å². The van der Waals surface area contributed by atoms with Crippen molar-refractivity contribution in [3.63, 3.8) is 0 Å². The molecule has 2 aliphatic rings. The first kappa shape index (κ1) is 10.9. The van der Waals surface area contributed by atoms with E-state index in [1.807, 2.05) is 24.3 Å². The van der Waals surface area contributed by atoms with Crippen molar-refractivity contribution in [3.05, 3.63) is 36.4 Å². The van der Waals surface area contributed by atoms with Crippen molar-refractivity contribution in [2.45, 2.75) is 0 Å². The van der Waals surface area contributed by atoms with Gasteiger partial charge in [0.05, 0.1) is 0 Å². The van der Waals surface area contributed by atoms with Gasteiger partial charge in [0.15, 0.2) is 23.0 Å². The zero-order valence-corrected chi connectivity index (χ0v) is 11.0. The average Bonchev–Trinajstić information content (AvgIpc) is 3.05. The third-order valence-corrected chi connectivity index (χ3v) is 4.23. The van der Waals surface area contributed by atoms with E-state index in [2.05, 4.69) is 12.1 Å². The second-order valence-corrected chi connectivity index (χ2v) is 5.67. The lowest BCUT2D eigenvalue weighted by Crippen LogP contribution is -2.03. The van der Waals surface area contributed by atoms with Crippen molar-refractivity contribution in [1.29, 1.82) is 0 Å². The molecule has 2 heterocycles. The first-order chi connectivity index (χ1) is 9.38. The maximum atomic E-state index is 5.39. The molecule has 2 aliphatic heterocycles. The molecule has 0 amide bonds. The van der Waals surface area contributed by atoms with Crippen molar-refractivity contribution in [1.82, 2.24) is 0 Å². The number of fused-ring (bicyclic) bond motifs is 2. The highest BCUT2D eigenvalue weighted by Gasteiger charge is 2.15. The van der Waals surface area contributed by atoms with E-state index in [9.17, 15) is 0 Å². The fourth-order valence-corrected chi connectivity index (χ4v) is 3.19. The van der Waals surface area contributed by atoms with Crippen molar-refractivity contribution in [2.24, 2.45) is 0 Å². The van der Waals surface area contributed by atoms with Gasteiger partial charge < -0.3 is 18.9 Å². The van der Waals surface area contributed by atoms with E-state index in [1.165, 1.54) is 10.6 Å². The Kier molecular flexibility index (Phi) is 2.49. The second-order valence-electron chi connectivity index (χ2n) is 4.26. The van der Waals surface area contributed by atoms with Crippen LogP contribution in [0.2, 0.25) is 0 Å². The monoisotopic (exact) mass is 274 g/mol. The van der Waals surface area contributed by atoms with Crippen LogP contribution >= 0.6 is 8.58 Å². The molecule has 0 N–H and O–H groups in total. The summed E-state index contributed by atoms with van der Waals surface area (Å²) in [7, 11) is 0.553. The predicted molar refractivity (Wildman–Crippen MR) is 72.7 cm³/mol. The van der Waals surface area contributed by atoms with Crippen LogP contribution < -0.4 is 29.6 Å². The number of rotatable bonds is 2. The molecule has 0 spiro atoms. The van der Waals surface area contributed by atoms with Crippen LogP contribution in [0.15, 0.2) is 36.4 Å². The van der Waals surface area contributed by atoms with Crippen LogP contribution in [0.4, 0.5) is 0 Å². The van der Waals surface area contributed by atoms with Crippen molar-refractivity contribution in [2.75, 3.05) is 13.6 Å². The first-order valence-electron chi connectivity index (χ1n) is 5.95. The third-order valence-electron chi connectivity index (χ3n) is 3.03. The van der Waals surface area contributed by atoms with E-state index in [4.69, 9.17) is 18.9 Å². The van der Waals surface area contributed by atoms with Gasteiger partial charge in [0.2, 0.25) is 13.6 Å². The SMILES string of the molecule is c1cc2c(cc1Pc1ccc3c(c1)OCO3)OCO2. The molecule has 0 bridgehead atoms.